The molecule has 37 heavy (non-hydrogen) atoms. The van der Waals surface area contributed by atoms with E-state index in [1.807, 2.05) is 7.05 Å². The Labute approximate surface area is 212 Å². The van der Waals surface area contributed by atoms with E-state index in [0.29, 0.717) is 48.1 Å². The highest BCUT2D eigenvalue weighted by Gasteiger charge is 2.53. The van der Waals surface area contributed by atoms with Crippen LogP contribution in [0, 0.1) is 18.6 Å². The number of aromatic nitrogens is 2. The van der Waals surface area contributed by atoms with Gasteiger partial charge >= 0.3 is 0 Å². The molecule has 1 amide bonds. The van der Waals surface area contributed by atoms with E-state index in [1.165, 1.54) is 24.3 Å². The number of benzene rings is 2. The van der Waals surface area contributed by atoms with Crippen molar-refractivity contribution in [1.82, 2.24) is 14.9 Å². The molecule has 10 heteroatoms. The molecule has 0 radical (unpaired) electrons. The Morgan fingerprint density at radius 2 is 1.76 bits per heavy atom. The monoisotopic (exact) mass is 513 g/mol. The molecule has 1 N–H and O–H groups in total. The molecule has 3 aromatic rings. The first kappa shape index (κ1) is 25.1. The molecule has 6 nitrogen and oxygen atoms in total. The fraction of sp³-hybridized carbons (Fsp3) is 0.370. The summed E-state index contributed by atoms with van der Waals surface area (Å²) in [5.41, 5.74) is 0.325. The average Bonchev–Trinajstić information content (AvgIpc) is 3.25. The number of anilines is 2. The van der Waals surface area contributed by atoms with Crippen LogP contribution in [0.25, 0.3) is 0 Å². The highest BCUT2D eigenvalue weighted by atomic mass is 19.3. The summed E-state index contributed by atoms with van der Waals surface area (Å²) in [6, 6.07) is 8.95. The minimum atomic E-state index is -2.93. The lowest BCUT2D eigenvalue weighted by Gasteiger charge is -2.41. The number of nitrogens with zero attached hydrogens (tertiary/aromatic N) is 4. The van der Waals surface area contributed by atoms with E-state index in [0.717, 1.165) is 6.07 Å². The number of rotatable bonds is 5. The zero-order valence-corrected chi connectivity index (χ0v) is 20.7. The Morgan fingerprint density at radius 3 is 2.41 bits per heavy atom. The summed E-state index contributed by atoms with van der Waals surface area (Å²) >= 11 is 0. The highest BCUT2D eigenvalue weighted by molar-refractivity contribution is 6.03. The van der Waals surface area contributed by atoms with E-state index in [-0.39, 0.29) is 18.0 Å². The summed E-state index contributed by atoms with van der Waals surface area (Å²) < 4.78 is 55.1. The van der Waals surface area contributed by atoms with Gasteiger partial charge in [0.2, 0.25) is 5.91 Å². The molecular formula is C27H27F4N5O. The number of amides is 1. The minimum absolute atomic E-state index is 0.0837. The topological polar surface area (TPSA) is 61.4 Å². The van der Waals surface area contributed by atoms with Gasteiger partial charge in [0, 0.05) is 23.4 Å². The van der Waals surface area contributed by atoms with Crippen LogP contribution in [-0.2, 0) is 16.8 Å². The summed E-state index contributed by atoms with van der Waals surface area (Å²) in [7, 11) is 1.94. The largest absolute Gasteiger partial charge is 0.363 e. The van der Waals surface area contributed by atoms with Crippen LogP contribution in [0.3, 0.4) is 0 Å². The minimum Gasteiger partial charge on any atom is -0.363 e. The number of carbonyl (C=O) groups excluding carboxylic acids is 1. The van der Waals surface area contributed by atoms with Crippen LogP contribution in [0.4, 0.5) is 29.1 Å². The lowest BCUT2D eigenvalue weighted by Crippen LogP contribution is -2.53. The van der Waals surface area contributed by atoms with E-state index >= 15 is 0 Å². The molecule has 1 spiro atoms. The maximum Gasteiger partial charge on any atom is 0.266 e. The molecule has 1 aromatic heterocycles. The summed E-state index contributed by atoms with van der Waals surface area (Å²) in [4.78, 5) is 26.9. The number of hydrogen-bond donors (Lipinski definition) is 1. The Hall–Kier alpha value is -3.53. The molecule has 2 aliphatic rings. The van der Waals surface area contributed by atoms with Crippen molar-refractivity contribution in [2.45, 2.75) is 44.7 Å². The summed E-state index contributed by atoms with van der Waals surface area (Å²) in [5, 5.41) is 3.20. The molecule has 3 heterocycles. The van der Waals surface area contributed by atoms with Crippen LogP contribution in [0.15, 0.2) is 42.5 Å². The normalized spacial score (nSPS) is 20.5. The van der Waals surface area contributed by atoms with Gasteiger partial charge in [0.25, 0.3) is 6.43 Å². The van der Waals surface area contributed by atoms with Crippen molar-refractivity contribution < 1.29 is 22.4 Å². The summed E-state index contributed by atoms with van der Waals surface area (Å²) in [5.74, 6) is -0.650. The molecule has 1 fully saturated rings. The van der Waals surface area contributed by atoms with Crippen molar-refractivity contribution in [2.75, 3.05) is 30.4 Å². The number of halogens is 4. The Kier molecular flexibility index (Phi) is 6.39. The molecule has 0 aliphatic carbocycles. The first-order chi connectivity index (χ1) is 17.6. The van der Waals surface area contributed by atoms with Crippen molar-refractivity contribution >= 4 is 17.4 Å². The molecular weight excluding hydrogens is 486 g/mol. The van der Waals surface area contributed by atoms with Gasteiger partial charge in [-0.2, -0.15) is 0 Å². The smallest absolute Gasteiger partial charge is 0.266 e. The summed E-state index contributed by atoms with van der Waals surface area (Å²) in [6.45, 7) is 4.66. The molecule has 5 rings (SSSR count). The molecule has 1 unspecified atom stereocenters. The molecule has 2 atom stereocenters. The predicted octanol–water partition coefficient (Wildman–Crippen LogP) is 5.29. The van der Waals surface area contributed by atoms with E-state index in [9.17, 15) is 22.4 Å². The predicted molar refractivity (Wildman–Crippen MR) is 132 cm³/mol. The van der Waals surface area contributed by atoms with Gasteiger partial charge in [-0.25, -0.2) is 27.5 Å². The molecule has 2 aromatic carbocycles. The molecule has 194 valence electrons. The molecule has 1 saturated heterocycles. The quantitative estimate of drug-likeness (QED) is 0.470. The molecule has 2 aliphatic heterocycles. The maximum atomic E-state index is 14.9. The number of carbonyl (C=O) groups is 1. The second kappa shape index (κ2) is 9.41. The van der Waals surface area contributed by atoms with Crippen molar-refractivity contribution in [1.29, 1.82) is 0 Å². The number of fused-ring (bicyclic) bond motifs is 2. The first-order valence-electron chi connectivity index (χ1n) is 12.1. The zero-order valence-electron chi connectivity index (χ0n) is 20.7. The standard InChI is InChI=1S/C27H27F4N5O/c1-15(19-5-4-6-20(22(19)29)24(30)31)32-25-21-13-36(18-9-7-17(28)8-10-18)26(37)27(11-12-35(3)14-27)23(21)33-16(2)34-25/h4-10,15,24H,11-14H2,1-3H3,(H,32,33,34)/t15-,27?/m1/s1. The average molecular weight is 514 g/mol. The van der Waals surface area contributed by atoms with Crippen molar-refractivity contribution in [3.05, 3.63) is 82.3 Å². The Balaban J connectivity index is 1.60. The van der Waals surface area contributed by atoms with Crippen LogP contribution in [0.5, 0.6) is 0 Å². The maximum absolute atomic E-state index is 14.9. The van der Waals surface area contributed by atoms with Crippen LogP contribution in [0.2, 0.25) is 0 Å². The van der Waals surface area contributed by atoms with Gasteiger partial charge < -0.3 is 15.1 Å². The van der Waals surface area contributed by atoms with Gasteiger partial charge in [-0.3, -0.25) is 4.79 Å². The number of likely N-dealkylation sites (N-methyl/N-ethyl adjacent to an activating group) is 1. The van der Waals surface area contributed by atoms with Crippen LogP contribution < -0.4 is 10.2 Å². The van der Waals surface area contributed by atoms with Gasteiger partial charge in [-0.05, 0) is 58.1 Å². The lowest BCUT2D eigenvalue weighted by molar-refractivity contribution is -0.124. The Bertz CT molecular complexity index is 1350. The number of nitrogens with one attached hydrogen (secondary N) is 1. The Morgan fingerprint density at radius 1 is 1.05 bits per heavy atom. The second-order valence-corrected chi connectivity index (χ2v) is 9.80. The fourth-order valence-corrected chi connectivity index (χ4v) is 5.40. The zero-order chi connectivity index (χ0) is 26.5. The van der Waals surface area contributed by atoms with Crippen LogP contribution in [0.1, 0.15) is 54.0 Å². The third-order valence-corrected chi connectivity index (χ3v) is 7.25. The lowest BCUT2D eigenvalue weighted by atomic mass is 9.76. The first-order valence-corrected chi connectivity index (χ1v) is 12.1. The number of aryl methyl sites for hydroxylation is 1. The third kappa shape index (κ3) is 4.33. The van der Waals surface area contributed by atoms with Crippen LogP contribution >= 0.6 is 0 Å². The van der Waals surface area contributed by atoms with Crippen molar-refractivity contribution in [3.63, 3.8) is 0 Å². The van der Waals surface area contributed by atoms with Gasteiger partial charge in [-0.1, -0.05) is 18.2 Å². The third-order valence-electron chi connectivity index (χ3n) is 7.25. The van der Waals surface area contributed by atoms with E-state index < -0.39 is 35.1 Å². The van der Waals surface area contributed by atoms with Gasteiger partial charge in [0.05, 0.1) is 23.8 Å². The number of hydrogen-bond acceptors (Lipinski definition) is 5. The highest BCUT2D eigenvalue weighted by Crippen LogP contribution is 2.44. The van der Waals surface area contributed by atoms with Gasteiger partial charge in [0.1, 0.15) is 28.7 Å². The van der Waals surface area contributed by atoms with Crippen LogP contribution in [-0.4, -0.2) is 40.9 Å². The SMILES string of the molecule is Cc1nc(N[C@H](C)c2cccc(C(F)F)c2F)c2c(n1)C1(CCN(C)C1)C(=O)N(c1ccc(F)cc1)C2. The van der Waals surface area contributed by atoms with Crippen molar-refractivity contribution in [2.24, 2.45) is 0 Å². The van der Waals surface area contributed by atoms with Gasteiger partial charge in [-0.15, -0.1) is 0 Å². The second-order valence-electron chi connectivity index (χ2n) is 9.80. The van der Waals surface area contributed by atoms with E-state index in [2.05, 4.69) is 15.2 Å². The fourth-order valence-electron chi connectivity index (χ4n) is 5.40. The van der Waals surface area contributed by atoms with E-state index in [1.54, 1.807) is 30.9 Å². The molecule has 0 bridgehead atoms. The van der Waals surface area contributed by atoms with Crippen molar-refractivity contribution in [3.8, 4) is 0 Å². The summed E-state index contributed by atoms with van der Waals surface area (Å²) in [6.07, 6.45) is -2.39. The number of likely N-dealkylation sites (tertiary alicyclic amines) is 1. The van der Waals surface area contributed by atoms with E-state index in [4.69, 9.17) is 4.98 Å². The number of alkyl halides is 2. The van der Waals surface area contributed by atoms with Gasteiger partial charge in [0.15, 0.2) is 0 Å². The molecule has 0 saturated carbocycles.